The summed E-state index contributed by atoms with van der Waals surface area (Å²) >= 11 is 0. The van der Waals surface area contributed by atoms with Crippen LogP contribution in [-0.4, -0.2) is 38.5 Å². The van der Waals surface area contributed by atoms with Crippen molar-refractivity contribution in [3.63, 3.8) is 0 Å². The van der Waals surface area contributed by atoms with E-state index in [1.807, 2.05) is 79.7 Å². The van der Waals surface area contributed by atoms with Crippen LogP contribution in [0.4, 0.5) is 0 Å². The highest BCUT2D eigenvalue weighted by Gasteiger charge is 2.42. The number of fused-ring (bicyclic) bond motifs is 1. The minimum absolute atomic E-state index is 0.241. The fraction of sp³-hybridized carbons (Fsp3) is 0.367. The van der Waals surface area contributed by atoms with Gasteiger partial charge in [0.05, 0.1) is 38.6 Å². The number of cyclic esters (lactones) is 1. The maximum atomic E-state index is 12.6. The maximum absolute atomic E-state index is 12.6. The Morgan fingerprint density at radius 2 is 1.46 bits per heavy atom. The smallest absolute Gasteiger partial charge is 0.345 e. The number of rotatable bonds is 9. The third-order valence-electron chi connectivity index (χ3n) is 6.90. The number of hydrogen-bond acceptors (Lipinski definition) is 7. The number of carbonyl (C=O) groups is 1. The highest BCUT2D eigenvalue weighted by atomic mass is 16.7. The molecule has 37 heavy (non-hydrogen) atoms. The minimum Gasteiger partial charge on any atom is -0.495 e. The van der Waals surface area contributed by atoms with Crippen molar-refractivity contribution in [3.8, 4) is 5.75 Å². The zero-order valence-corrected chi connectivity index (χ0v) is 21.3. The molecule has 1 unspecified atom stereocenters. The third kappa shape index (κ3) is 5.40. The van der Waals surface area contributed by atoms with Gasteiger partial charge >= 0.3 is 5.97 Å². The van der Waals surface area contributed by atoms with Crippen molar-refractivity contribution in [2.45, 2.75) is 57.3 Å². The average molecular weight is 505 g/mol. The Morgan fingerprint density at radius 3 is 2.08 bits per heavy atom. The van der Waals surface area contributed by atoms with Gasteiger partial charge < -0.3 is 28.4 Å². The summed E-state index contributed by atoms with van der Waals surface area (Å²) in [6, 6.07) is 23.9. The van der Waals surface area contributed by atoms with E-state index in [1.165, 1.54) is 7.11 Å². The lowest BCUT2D eigenvalue weighted by Gasteiger charge is -2.41. The van der Waals surface area contributed by atoms with Crippen molar-refractivity contribution < 1.29 is 33.2 Å². The molecule has 3 aromatic rings. The molecule has 2 aliphatic heterocycles. The molecule has 2 heterocycles. The molecule has 0 spiro atoms. The molecule has 5 rings (SSSR count). The number of hydrogen-bond donors (Lipinski definition) is 0. The average Bonchev–Trinajstić information content (AvgIpc) is 3.27. The molecule has 0 N–H and O–H groups in total. The molecule has 7 heteroatoms. The van der Waals surface area contributed by atoms with Gasteiger partial charge in [-0.3, -0.25) is 0 Å². The molecule has 0 bridgehead atoms. The molecular weight excluding hydrogens is 472 g/mol. The molecule has 2 aliphatic rings. The fourth-order valence-electron chi connectivity index (χ4n) is 5.08. The fourth-order valence-corrected chi connectivity index (χ4v) is 5.08. The van der Waals surface area contributed by atoms with Gasteiger partial charge in [-0.2, -0.15) is 0 Å². The molecule has 0 aromatic heterocycles. The minimum atomic E-state index is -0.741. The first-order valence-electron chi connectivity index (χ1n) is 12.5. The second kappa shape index (κ2) is 11.4. The van der Waals surface area contributed by atoms with E-state index in [0.29, 0.717) is 36.5 Å². The van der Waals surface area contributed by atoms with Crippen molar-refractivity contribution in [2.75, 3.05) is 14.2 Å². The largest absolute Gasteiger partial charge is 0.495 e. The quantitative estimate of drug-likeness (QED) is 0.355. The van der Waals surface area contributed by atoms with Crippen LogP contribution in [0, 0.1) is 0 Å². The second-order valence-electron chi connectivity index (χ2n) is 9.29. The maximum Gasteiger partial charge on any atom is 0.345 e. The first kappa shape index (κ1) is 25.4. The van der Waals surface area contributed by atoms with E-state index in [4.69, 9.17) is 28.4 Å². The summed E-state index contributed by atoms with van der Waals surface area (Å²) in [4.78, 5) is 12.6. The predicted molar refractivity (Wildman–Crippen MR) is 136 cm³/mol. The first-order valence-corrected chi connectivity index (χ1v) is 12.5. The second-order valence-corrected chi connectivity index (χ2v) is 9.29. The summed E-state index contributed by atoms with van der Waals surface area (Å²) in [6.07, 6.45) is -1.34. The Morgan fingerprint density at radius 1 is 0.838 bits per heavy atom. The number of benzene rings is 3. The lowest BCUT2D eigenvalue weighted by Crippen LogP contribution is -2.47. The zero-order chi connectivity index (χ0) is 25.8. The molecule has 0 saturated carbocycles. The Labute approximate surface area is 217 Å². The topological polar surface area (TPSA) is 72.5 Å². The van der Waals surface area contributed by atoms with Gasteiger partial charge in [-0.05, 0) is 18.1 Å². The van der Waals surface area contributed by atoms with Gasteiger partial charge in [0.1, 0.15) is 17.4 Å². The summed E-state index contributed by atoms with van der Waals surface area (Å²) in [7, 11) is 3.05. The van der Waals surface area contributed by atoms with E-state index in [1.54, 1.807) is 7.11 Å². The summed E-state index contributed by atoms with van der Waals surface area (Å²) in [5, 5.41) is 0. The molecular formula is C30H32O7. The zero-order valence-electron chi connectivity index (χ0n) is 21.3. The molecule has 7 nitrogen and oxygen atoms in total. The van der Waals surface area contributed by atoms with Gasteiger partial charge in [-0.15, -0.1) is 0 Å². The number of carbonyl (C=O) groups excluding carboxylic acids is 1. The molecule has 1 saturated heterocycles. The van der Waals surface area contributed by atoms with Crippen molar-refractivity contribution >= 4 is 5.97 Å². The lowest BCUT2D eigenvalue weighted by atomic mass is 9.91. The SMILES string of the molecule is COc1c([C@H]2C[C@@H](OCc3ccccc3)[C@H](OCc3ccccc3)[C@@H](C)O2)ccc2c1C(=O)OC2OC. The van der Waals surface area contributed by atoms with Crippen LogP contribution in [0.5, 0.6) is 5.75 Å². The van der Waals surface area contributed by atoms with Gasteiger partial charge in [0.15, 0.2) is 0 Å². The summed E-state index contributed by atoms with van der Waals surface area (Å²) in [5.74, 6) is -0.0185. The predicted octanol–water partition coefficient (Wildman–Crippen LogP) is 5.53. The van der Waals surface area contributed by atoms with Crippen molar-refractivity contribution in [1.29, 1.82) is 0 Å². The number of esters is 1. The molecule has 194 valence electrons. The van der Waals surface area contributed by atoms with Crippen LogP contribution in [0.15, 0.2) is 72.8 Å². The van der Waals surface area contributed by atoms with E-state index in [9.17, 15) is 4.79 Å². The van der Waals surface area contributed by atoms with Crippen LogP contribution in [0.1, 0.15) is 58.4 Å². The van der Waals surface area contributed by atoms with E-state index in [-0.39, 0.29) is 24.4 Å². The van der Waals surface area contributed by atoms with E-state index in [2.05, 4.69) is 0 Å². The van der Waals surface area contributed by atoms with E-state index < -0.39 is 12.3 Å². The summed E-state index contributed by atoms with van der Waals surface area (Å²) in [6.45, 7) is 2.91. The first-order chi connectivity index (χ1) is 18.1. The van der Waals surface area contributed by atoms with E-state index >= 15 is 0 Å². The normalized spacial score (nSPS) is 24.9. The summed E-state index contributed by atoms with van der Waals surface area (Å²) < 4.78 is 35.7. The molecule has 5 atom stereocenters. The van der Waals surface area contributed by atoms with E-state index in [0.717, 1.165) is 16.7 Å². The Kier molecular flexibility index (Phi) is 7.86. The van der Waals surface area contributed by atoms with Gasteiger partial charge in [0, 0.05) is 24.7 Å². The van der Waals surface area contributed by atoms with Crippen LogP contribution in [0.3, 0.4) is 0 Å². The Balaban J connectivity index is 1.40. The van der Waals surface area contributed by atoms with Gasteiger partial charge in [-0.1, -0.05) is 72.8 Å². The lowest BCUT2D eigenvalue weighted by molar-refractivity contribution is -0.204. The highest BCUT2D eigenvalue weighted by molar-refractivity contribution is 5.97. The molecule has 0 aliphatic carbocycles. The van der Waals surface area contributed by atoms with Gasteiger partial charge in [0.25, 0.3) is 0 Å². The molecule has 1 fully saturated rings. The van der Waals surface area contributed by atoms with Gasteiger partial charge in [-0.25, -0.2) is 4.79 Å². The van der Waals surface area contributed by atoms with Crippen LogP contribution in [0.25, 0.3) is 0 Å². The Hall–Kier alpha value is -3.23. The summed E-state index contributed by atoms with van der Waals surface area (Å²) in [5.41, 5.74) is 3.98. The van der Waals surface area contributed by atoms with Crippen molar-refractivity contribution in [1.82, 2.24) is 0 Å². The molecule has 0 radical (unpaired) electrons. The van der Waals surface area contributed by atoms with Crippen LogP contribution in [0.2, 0.25) is 0 Å². The molecule has 3 aromatic carbocycles. The van der Waals surface area contributed by atoms with Crippen molar-refractivity contribution in [2.24, 2.45) is 0 Å². The molecule has 0 amide bonds. The van der Waals surface area contributed by atoms with Crippen LogP contribution in [-0.2, 0) is 36.9 Å². The third-order valence-corrected chi connectivity index (χ3v) is 6.90. The Bertz CT molecular complexity index is 1200. The van der Waals surface area contributed by atoms with Crippen LogP contribution >= 0.6 is 0 Å². The monoisotopic (exact) mass is 504 g/mol. The number of ether oxygens (including phenoxy) is 6. The van der Waals surface area contributed by atoms with Gasteiger partial charge in [0.2, 0.25) is 6.29 Å². The standard InChI is InChI=1S/C30H32O7/c1-19-27(35-18-21-12-8-5-9-13-21)25(34-17-20-10-6-4-7-11-20)16-24(36-19)22-14-15-23-26(28(22)32-2)29(31)37-30(23)33-3/h4-15,19,24-25,27,30H,16-18H2,1-3H3/t19-,24-,25-,27-,30?/m1/s1. The number of methoxy groups -OCH3 is 2. The van der Waals surface area contributed by atoms with Crippen LogP contribution < -0.4 is 4.74 Å². The highest BCUT2D eigenvalue weighted by Crippen LogP contribution is 2.44. The van der Waals surface area contributed by atoms with Crippen molar-refractivity contribution in [3.05, 3.63) is 101 Å².